The molecule has 1 N–H and O–H groups in total. The number of aromatic nitrogens is 4. The Morgan fingerprint density at radius 1 is 1.21 bits per heavy atom. The maximum absolute atomic E-state index is 13.2. The Labute approximate surface area is 117 Å². The van der Waals surface area contributed by atoms with Gasteiger partial charge in [0.1, 0.15) is 23.1 Å². The molecule has 19 heavy (non-hydrogen) atoms. The van der Waals surface area contributed by atoms with E-state index in [2.05, 4.69) is 20.4 Å². The van der Waals surface area contributed by atoms with Gasteiger partial charge in [-0.15, -0.1) is 0 Å². The van der Waals surface area contributed by atoms with Crippen LogP contribution in [0, 0.1) is 5.82 Å². The molecule has 0 bridgehead atoms. The van der Waals surface area contributed by atoms with Gasteiger partial charge in [-0.05, 0) is 18.2 Å². The van der Waals surface area contributed by atoms with Crippen molar-refractivity contribution >= 4 is 40.5 Å². The fourth-order valence-electron chi connectivity index (χ4n) is 1.60. The first kappa shape index (κ1) is 12.1. The Hall–Kier alpha value is -1.92. The van der Waals surface area contributed by atoms with Crippen molar-refractivity contribution in [1.82, 2.24) is 19.6 Å². The summed E-state index contributed by atoms with van der Waals surface area (Å²) in [5.74, 6) is 0.421. The summed E-state index contributed by atoms with van der Waals surface area (Å²) in [5.41, 5.74) is 0.403. The highest BCUT2D eigenvalue weighted by Gasteiger charge is 2.09. The first-order valence-corrected chi connectivity index (χ1v) is 5.97. The van der Waals surface area contributed by atoms with Crippen LogP contribution in [-0.4, -0.2) is 19.6 Å². The molecule has 0 atom stereocenters. The summed E-state index contributed by atoms with van der Waals surface area (Å²) >= 11 is 11.9. The van der Waals surface area contributed by atoms with Crippen molar-refractivity contribution < 1.29 is 4.39 Å². The van der Waals surface area contributed by atoms with Crippen LogP contribution < -0.4 is 5.32 Å². The molecule has 2 heterocycles. The zero-order chi connectivity index (χ0) is 13.4. The zero-order valence-corrected chi connectivity index (χ0v) is 10.8. The number of fused-ring (bicyclic) bond motifs is 1. The number of halogens is 3. The van der Waals surface area contributed by atoms with E-state index in [0.717, 1.165) is 0 Å². The van der Waals surface area contributed by atoms with Crippen molar-refractivity contribution in [3.05, 3.63) is 46.6 Å². The fourth-order valence-corrected chi connectivity index (χ4v) is 1.95. The third kappa shape index (κ3) is 2.32. The van der Waals surface area contributed by atoms with Gasteiger partial charge >= 0.3 is 0 Å². The van der Waals surface area contributed by atoms with E-state index in [1.165, 1.54) is 29.0 Å². The van der Waals surface area contributed by atoms with Gasteiger partial charge in [0.05, 0.1) is 10.7 Å². The maximum atomic E-state index is 13.2. The molecule has 0 fully saturated rings. The zero-order valence-electron chi connectivity index (χ0n) is 9.31. The highest BCUT2D eigenvalue weighted by atomic mass is 35.5. The van der Waals surface area contributed by atoms with Gasteiger partial charge in [-0.25, -0.2) is 4.39 Å². The molecule has 0 amide bonds. The van der Waals surface area contributed by atoms with Crippen molar-refractivity contribution in [2.45, 2.75) is 0 Å². The van der Waals surface area contributed by atoms with Gasteiger partial charge in [-0.2, -0.15) is 19.6 Å². The number of hydrogen-bond donors (Lipinski definition) is 1. The molecule has 0 aliphatic carbocycles. The number of rotatable bonds is 2. The van der Waals surface area contributed by atoms with E-state index >= 15 is 0 Å². The highest BCUT2D eigenvalue weighted by molar-refractivity contribution is 6.33. The molecule has 0 radical (unpaired) electrons. The highest BCUT2D eigenvalue weighted by Crippen LogP contribution is 2.26. The van der Waals surface area contributed by atoms with E-state index in [1.54, 1.807) is 6.07 Å². The first-order valence-electron chi connectivity index (χ1n) is 5.22. The van der Waals surface area contributed by atoms with Gasteiger partial charge in [0.2, 0.25) is 0 Å². The monoisotopic (exact) mass is 297 g/mol. The van der Waals surface area contributed by atoms with Crippen LogP contribution in [0.25, 0.3) is 5.78 Å². The molecule has 0 spiro atoms. The lowest BCUT2D eigenvalue weighted by Crippen LogP contribution is -2.02. The molecule has 5 nitrogen and oxygen atoms in total. The molecule has 8 heteroatoms. The van der Waals surface area contributed by atoms with Crippen LogP contribution in [0.5, 0.6) is 0 Å². The van der Waals surface area contributed by atoms with Crippen LogP contribution in [0.15, 0.2) is 30.6 Å². The standard InChI is InChI=1S/C11H6Cl2FN5/c12-7-2-1-6(14)3-8(7)17-10-4-9(13)18-11-15-5-16-19(10)11/h1-5,17H. The molecule has 0 aliphatic heterocycles. The third-order valence-electron chi connectivity index (χ3n) is 2.41. The number of nitrogens with zero attached hydrogens (tertiary/aromatic N) is 4. The van der Waals surface area contributed by atoms with Gasteiger partial charge in [-0.3, -0.25) is 0 Å². The number of anilines is 2. The lowest BCUT2D eigenvalue weighted by Gasteiger charge is -2.09. The SMILES string of the molecule is Fc1ccc(Cl)c(Nc2cc(Cl)nc3ncnn23)c1. The lowest BCUT2D eigenvalue weighted by atomic mass is 10.3. The summed E-state index contributed by atoms with van der Waals surface area (Å²) < 4.78 is 14.6. The average molecular weight is 298 g/mol. The Balaban J connectivity index is 2.10. The van der Waals surface area contributed by atoms with E-state index in [0.29, 0.717) is 22.3 Å². The number of benzene rings is 1. The number of nitrogens with one attached hydrogen (secondary N) is 1. The van der Waals surface area contributed by atoms with Gasteiger partial charge in [0, 0.05) is 6.07 Å². The van der Waals surface area contributed by atoms with Crippen LogP contribution in [0.1, 0.15) is 0 Å². The molecule has 2 aromatic heterocycles. The van der Waals surface area contributed by atoms with E-state index in [9.17, 15) is 4.39 Å². The maximum Gasteiger partial charge on any atom is 0.255 e. The largest absolute Gasteiger partial charge is 0.339 e. The van der Waals surface area contributed by atoms with Gasteiger partial charge < -0.3 is 5.32 Å². The van der Waals surface area contributed by atoms with Crippen molar-refractivity contribution in [1.29, 1.82) is 0 Å². The molecule has 1 aromatic carbocycles. The molecule has 96 valence electrons. The van der Waals surface area contributed by atoms with Gasteiger partial charge in [0.15, 0.2) is 0 Å². The molecule has 0 saturated heterocycles. The quantitative estimate of drug-likeness (QED) is 0.737. The van der Waals surface area contributed by atoms with Crippen LogP contribution in [0.4, 0.5) is 15.9 Å². The van der Waals surface area contributed by atoms with E-state index < -0.39 is 5.82 Å². The summed E-state index contributed by atoms with van der Waals surface area (Å²) in [6.07, 6.45) is 1.34. The molecule has 3 rings (SSSR count). The first-order chi connectivity index (χ1) is 9.13. The smallest absolute Gasteiger partial charge is 0.255 e. The van der Waals surface area contributed by atoms with E-state index in [-0.39, 0.29) is 5.15 Å². The summed E-state index contributed by atoms with van der Waals surface area (Å²) in [7, 11) is 0. The second-order valence-electron chi connectivity index (χ2n) is 3.69. The van der Waals surface area contributed by atoms with Gasteiger partial charge in [-0.1, -0.05) is 23.2 Å². The average Bonchev–Trinajstić information content (AvgIpc) is 2.82. The third-order valence-corrected chi connectivity index (χ3v) is 2.93. The molecule has 3 aromatic rings. The minimum Gasteiger partial charge on any atom is -0.339 e. The number of hydrogen-bond acceptors (Lipinski definition) is 4. The van der Waals surface area contributed by atoms with E-state index in [1.807, 2.05) is 0 Å². The van der Waals surface area contributed by atoms with Crippen LogP contribution in [0.2, 0.25) is 10.2 Å². The lowest BCUT2D eigenvalue weighted by molar-refractivity contribution is 0.628. The van der Waals surface area contributed by atoms with E-state index in [4.69, 9.17) is 23.2 Å². The second kappa shape index (κ2) is 4.64. The Morgan fingerprint density at radius 3 is 2.89 bits per heavy atom. The van der Waals surface area contributed by atoms with Crippen molar-refractivity contribution in [3.63, 3.8) is 0 Å². The molecule has 0 aliphatic rings. The van der Waals surface area contributed by atoms with Gasteiger partial charge in [0.25, 0.3) is 5.78 Å². The summed E-state index contributed by atoms with van der Waals surface area (Å²) in [6.45, 7) is 0. The predicted molar refractivity (Wildman–Crippen MR) is 70.5 cm³/mol. The Bertz CT molecular complexity index is 758. The summed E-state index contributed by atoms with van der Waals surface area (Å²) in [4.78, 5) is 7.92. The minimum atomic E-state index is -0.401. The predicted octanol–water partition coefficient (Wildman–Crippen LogP) is 3.31. The normalized spacial score (nSPS) is 10.9. The van der Waals surface area contributed by atoms with Crippen molar-refractivity contribution in [2.24, 2.45) is 0 Å². The van der Waals surface area contributed by atoms with Crippen molar-refractivity contribution in [3.8, 4) is 0 Å². The van der Waals surface area contributed by atoms with Crippen LogP contribution >= 0.6 is 23.2 Å². The fraction of sp³-hybridized carbons (Fsp3) is 0. The topological polar surface area (TPSA) is 55.1 Å². The molecule has 0 unspecified atom stereocenters. The minimum absolute atomic E-state index is 0.246. The van der Waals surface area contributed by atoms with Crippen molar-refractivity contribution in [2.75, 3.05) is 5.32 Å². The molecular formula is C11H6Cl2FN5. The Morgan fingerprint density at radius 2 is 2.05 bits per heavy atom. The summed E-state index contributed by atoms with van der Waals surface area (Å²) in [5, 5.41) is 7.56. The van der Waals surface area contributed by atoms with Crippen LogP contribution in [-0.2, 0) is 0 Å². The Kier molecular flexibility index (Phi) is 2.96. The molecule has 0 saturated carbocycles. The summed E-state index contributed by atoms with van der Waals surface area (Å²) in [6, 6.07) is 5.56. The molecular weight excluding hydrogens is 292 g/mol. The van der Waals surface area contributed by atoms with Crippen LogP contribution in [0.3, 0.4) is 0 Å². The second-order valence-corrected chi connectivity index (χ2v) is 4.48.